The second-order valence-electron chi connectivity index (χ2n) is 8.21. The number of aromatic nitrogens is 1. The quantitative estimate of drug-likeness (QED) is 0.210. The number of Topliss-reactive ketones (excluding diaryl/α,β-unsaturated/α-hetero) is 1. The van der Waals surface area contributed by atoms with Crippen molar-refractivity contribution in [3.8, 4) is 11.5 Å². The monoisotopic (exact) mass is 502 g/mol. The minimum atomic E-state index is -1.02. The van der Waals surface area contributed by atoms with Crippen LogP contribution in [0.1, 0.15) is 40.9 Å². The lowest BCUT2D eigenvalue weighted by Gasteiger charge is -2.25. The number of esters is 1. The molecule has 1 aliphatic rings. The number of hydrogen-bond acceptors (Lipinski definition) is 8. The average Bonchev–Trinajstić information content (AvgIpc) is 3.21. The summed E-state index contributed by atoms with van der Waals surface area (Å²) in [7, 11) is 2.90. The number of hydrogen-bond donors (Lipinski definition) is 1. The minimum absolute atomic E-state index is 0.150. The van der Waals surface area contributed by atoms with Crippen molar-refractivity contribution in [3.05, 3.63) is 89.3 Å². The largest absolute Gasteiger partial charge is 0.507 e. The first-order valence-electron chi connectivity index (χ1n) is 11.6. The summed E-state index contributed by atoms with van der Waals surface area (Å²) in [6.07, 6.45) is 3.74. The molecule has 9 nitrogen and oxygen atoms in total. The third-order valence-electron chi connectivity index (χ3n) is 5.90. The highest BCUT2D eigenvalue weighted by atomic mass is 16.5. The standard InChI is InChI=1S/C28H26N2O7/c1-4-13-37-28(34)17-7-5-9-19(14-17)30-24(18-8-6-12-29-16-18)23(26(32)27(30)33)25(31)21-15-20(35-2)10-11-22(21)36-3/h5-12,14-16,24,31H,4,13H2,1-3H3/b25-23+. The predicted octanol–water partition coefficient (Wildman–Crippen LogP) is 4.29. The minimum Gasteiger partial charge on any atom is -0.507 e. The molecule has 1 amide bonds. The van der Waals surface area contributed by atoms with Crippen molar-refractivity contribution in [2.24, 2.45) is 0 Å². The smallest absolute Gasteiger partial charge is 0.338 e. The van der Waals surface area contributed by atoms with Crippen LogP contribution in [-0.2, 0) is 14.3 Å². The van der Waals surface area contributed by atoms with Crippen LogP contribution >= 0.6 is 0 Å². The highest BCUT2D eigenvalue weighted by Gasteiger charge is 2.47. The van der Waals surface area contributed by atoms with E-state index < -0.39 is 29.5 Å². The number of aliphatic hydroxyl groups is 1. The molecule has 0 saturated carbocycles. The summed E-state index contributed by atoms with van der Waals surface area (Å²) in [4.78, 5) is 44.7. The van der Waals surface area contributed by atoms with E-state index in [1.807, 2.05) is 6.92 Å². The molecule has 2 aromatic carbocycles. The van der Waals surface area contributed by atoms with Gasteiger partial charge in [-0.2, -0.15) is 0 Å². The first-order chi connectivity index (χ1) is 17.9. The predicted molar refractivity (Wildman–Crippen MR) is 136 cm³/mol. The highest BCUT2D eigenvalue weighted by molar-refractivity contribution is 6.51. The van der Waals surface area contributed by atoms with E-state index in [1.54, 1.807) is 48.7 Å². The van der Waals surface area contributed by atoms with E-state index in [-0.39, 0.29) is 29.1 Å². The molecule has 0 aliphatic carbocycles. The third-order valence-corrected chi connectivity index (χ3v) is 5.90. The molecule has 1 unspecified atom stereocenters. The van der Waals surface area contributed by atoms with Gasteiger partial charge in [0.1, 0.15) is 17.3 Å². The summed E-state index contributed by atoms with van der Waals surface area (Å²) in [5.41, 5.74) is 1.05. The molecular weight excluding hydrogens is 476 g/mol. The molecule has 2 heterocycles. The Labute approximate surface area is 213 Å². The zero-order chi connectivity index (χ0) is 26.5. The summed E-state index contributed by atoms with van der Waals surface area (Å²) in [5.74, 6) is -2.02. The summed E-state index contributed by atoms with van der Waals surface area (Å²) < 4.78 is 15.9. The number of ketones is 1. The summed E-state index contributed by atoms with van der Waals surface area (Å²) in [6, 6.07) is 13.4. The van der Waals surface area contributed by atoms with Gasteiger partial charge < -0.3 is 19.3 Å². The Morgan fingerprint density at radius 3 is 2.54 bits per heavy atom. The number of pyridine rings is 1. The van der Waals surface area contributed by atoms with Crippen LogP contribution in [0.3, 0.4) is 0 Å². The van der Waals surface area contributed by atoms with E-state index in [0.717, 1.165) is 0 Å². The van der Waals surface area contributed by atoms with Gasteiger partial charge in [-0.3, -0.25) is 19.5 Å². The van der Waals surface area contributed by atoms with Crippen molar-refractivity contribution in [2.45, 2.75) is 19.4 Å². The Hall–Kier alpha value is -4.66. The Morgan fingerprint density at radius 1 is 1.05 bits per heavy atom. The molecule has 0 spiro atoms. The Balaban J connectivity index is 1.90. The van der Waals surface area contributed by atoms with Crippen LogP contribution in [0.2, 0.25) is 0 Å². The number of anilines is 1. The van der Waals surface area contributed by atoms with E-state index >= 15 is 0 Å². The average molecular weight is 503 g/mol. The summed E-state index contributed by atoms with van der Waals surface area (Å²) >= 11 is 0. The normalized spacial score (nSPS) is 16.5. The molecule has 190 valence electrons. The van der Waals surface area contributed by atoms with Crippen molar-refractivity contribution in [3.63, 3.8) is 0 Å². The molecule has 1 aliphatic heterocycles. The maximum Gasteiger partial charge on any atom is 0.338 e. The highest BCUT2D eigenvalue weighted by Crippen LogP contribution is 2.43. The molecule has 37 heavy (non-hydrogen) atoms. The molecule has 1 saturated heterocycles. The molecule has 9 heteroatoms. The van der Waals surface area contributed by atoms with Crippen LogP contribution in [0.4, 0.5) is 5.69 Å². The van der Waals surface area contributed by atoms with Gasteiger partial charge in [0.15, 0.2) is 0 Å². The number of rotatable bonds is 8. The van der Waals surface area contributed by atoms with Crippen LogP contribution in [0.15, 0.2) is 72.6 Å². The lowest BCUT2D eigenvalue weighted by atomic mass is 9.95. The first kappa shape index (κ1) is 25.4. The van der Waals surface area contributed by atoms with Crippen LogP contribution in [0.25, 0.3) is 5.76 Å². The fraction of sp³-hybridized carbons (Fsp3) is 0.214. The van der Waals surface area contributed by atoms with Crippen molar-refractivity contribution < 1.29 is 33.7 Å². The number of ether oxygens (including phenoxy) is 3. The number of aliphatic hydroxyl groups excluding tert-OH is 1. The molecule has 1 aromatic heterocycles. The van der Waals surface area contributed by atoms with Crippen LogP contribution in [0.5, 0.6) is 11.5 Å². The van der Waals surface area contributed by atoms with Crippen LogP contribution in [-0.4, -0.2) is 48.6 Å². The van der Waals surface area contributed by atoms with E-state index in [2.05, 4.69) is 4.98 Å². The third kappa shape index (κ3) is 4.88. The molecule has 0 bridgehead atoms. The zero-order valence-corrected chi connectivity index (χ0v) is 20.6. The van der Waals surface area contributed by atoms with Crippen LogP contribution < -0.4 is 14.4 Å². The second kappa shape index (κ2) is 10.9. The topological polar surface area (TPSA) is 115 Å². The number of benzene rings is 2. The number of methoxy groups -OCH3 is 2. The zero-order valence-electron chi connectivity index (χ0n) is 20.6. The number of carbonyl (C=O) groups is 3. The van der Waals surface area contributed by atoms with E-state index in [4.69, 9.17) is 14.2 Å². The molecule has 4 rings (SSSR count). The first-order valence-corrected chi connectivity index (χ1v) is 11.6. The fourth-order valence-electron chi connectivity index (χ4n) is 4.16. The number of carbonyl (C=O) groups excluding carboxylic acids is 3. The van der Waals surface area contributed by atoms with Crippen molar-refractivity contribution in [1.82, 2.24) is 4.98 Å². The Morgan fingerprint density at radius 2 is 1.86 bits per heavy atom. The lowest BCUT2D eigenvalue weighted by molar-refractivity contribution is -0.132. The Kier molecular flexibility index (Phi) is 7.52. The molecule has 1 atom stereocenters. The van der Waals surface area contributed by atoms with Crippen LogP contribution in [0, 0.1) is 0 Å². The van der Waals surface area contributed by atoms with Gasteiger partial charge in [-0.05, 0) is 54.4 Å². The molecule has 1 N–H and O–H groups in total. The van der Waals surface area contributed by atoms with Crippen molar-refractivity contribution in [1.29, 1.82) is 0 Å². The maximum atomic E-state index is 13.4. The number of amides is 1. The van der Waals surface area contributed by atoms with E-state index in [9.17, 15) is 19.5 Å². The van der Waals surface area contributed by atoms with Gasteiger partial charge in [0.2, 0.25) is 0 Å². The number of nitrogens with zero attached hydrogens (tertiary/aromatic N) is 2. The van der Waals surface area contributed by atoms with Gasteiger partial charge in [0, 0.05) is 18.1 Å². The summed E-state index contributed by atoms with van der Waals surface area (Å²) in [6.45, 7) is 2.14. The lowest BCUT2D eigenvalue weighted by Crippen LogP contribution is -2.29. The van der Waals surface area contributed by atoms with E-state index in [0.29, 0.717) is 23.4 Å². The van der Waals surface area contributed by atoms with Gasteiger partial charge in [0.25, 0.3) is 11.7 Å². The van der Waals surface area contributed by atoms with Gasteiger partial charge >= 0.3 is 5.97 Å². The van der Waals surface area contributed by atoms with Gasteiger partial charge in [-0.15, -0.1) is 0 Å². The summed E-state index contributed by atoms with van der Waals surface area (Å²) in [5, 5.41) is 11.4. The molecular formula is C28H26N2O7. The fourth-order valence-corrected chi connectivity index (χ4v) is 4.16. The van der Waals surface area contributed by atoms with Gasteiger partial charge in [0.05, 0.1) is 43.6 Å². The van der Waals surface area contributed by atoms with Gasteiger partial charge in [-0.1, -0.05) is 19.1 Å². The maximum absolute atomic E-state index is 13.4. The molecule has 0 radical (unpaired) electrons. The second-order valence-corrected chi connectivity index (χ2v) is 8.21. The van der Waals surface area contributed by atoms with Crippen molar-refractivity contribution in [2.75, 3.05) is 25.7 Å². The molecule has 1 fully saturated rings. The van der Waals surface area contributed by atoms with Gasteiger partial charge in [-0.25, -0.2) is 4.79 Å². The SMILES string of the molecule is CCCOC(=O)c1cccc(N2C(=O)C(=O)/C(=C(/O)c3cc(OC)ccc3OC)C2c2cccnc2)c1. The van der Waals surface area contributed by atoms with E-state index in [1.165, 1.54) is 37.4 Å². The van der Waals surface area contributed by atoms with Crippen molar-refractivity contribution >= 4 is 29.1 Å². The Bertz CT molecular complexity index is 1370. The molecule has 3 aromatic rings.